The van der Waals surface area contributed by atoms with Gasteiger partial charge in [0.2, 0.25) is 0 Å². The van der Waals surface area contributed by atoms with Crippen LogP contribution in [0.2, 0.25) is 0 Å². The second-order valence-corrected chi connectivity index (χ2v) is 12.6. The number of hydrogen-bond donors (Lipinski definition) is 0. The Bertz CT molecular complexity index is 2610. The van der Waals surface area contributed by atoms with Crippen LogP contribution >= 0.6 is 11.3 Å². The molecule has 0 saturated heterocycles. The highest BCUT2D eigenvalue weighted by molar-refractivity contribution is 7.19. The molecule has 0 fully saturated rings. The molecule has 7 aromatic carbocycles. The van der Waals surface area contributed by atoms with E-state index in [1.165, 1.54) is 43.1 Å². The van der Waals surface area contributed by atoms with E-state index >= 15 is 0 Å². The summed E-state index contributed by atoms with van der Waals surface area (Å²) in [7, 11) is 0. The molecular formula is C41H24N2OS. The van der Waals surface area contributed by atoms with Crippen LogP contribution in [0.3, 0.4) is 0 Å². The van der Waals surface area contributed by atoms with Crippen molar-refractivity contribution in [3.05, 3.63) is 146 Å². The van der Waals surface area contributed by atoms with Crippen molar-refractivity contribution in [2.75, 3.05) is 4.90 Å². The monoisotopic (exact) mass is 592 g/mol. The quantitative estimate of drug-likeness (QED) is 0.204. The van der Waals surface area contributed by atoms with E-state index in [-0.39, 0.29) is 0 Å². The SMILES string of the molecule is c1ccc(N(c2cc3c4c(cccc4c2)-c2nc(-c4cccc5ccccc45)sc2-3)c2ccc3oc4ccccc4c3c2)cc1. The highest BCUT2D eigenvalue weighted by atomic mass is 32.1. The van der Waals surface area contributed by atoms with Gasteiger partial charge in [0.25, 0.3) is 0 Å². The van der Waals surface area contributed by atoms with E-state index < -0.39 is 0 Å². The number of fused-ring (bicyclic) bond motifs is 7. The van der Waals surface area contributed by atoms with Crippen molar-refractivity contribution in [2.24, 2.45) is 0 Å². The zero-order valence-electron chi connectivity index (χ0n) is 24.1. The summed E-state index contributed by atoms with van der Waals surface area (Å²) >= 11 is 1.79. The third kappa shape index (κ3) is 3.67. The predicted molar refractivity (Wildman–Crippen MR) is 189 cm³/mol. The van der Waals surface area contributed by atoms with Crippen LogP contribution in [0.15, 0.2) is 150 Å². The fraction of sp³-hybridized carbons (Fsp3) is 0. The van der Waals surface area contributed by atoms with Crippen LogP contribution in [-0.2, 0) is 0 Å². The van der Waals surface area contributed by atoms with Gasteiger partial charge in [0.05, 0.1) is 10.6 Å². The lowest BCUT2D eigenvalue weighted by Crippen LogP contribution is -2.09. The summed E-state index contributed by atoms with van der Waals surface area (Å²) < 4.78 is 6.18. The molecule has 0 radical (unpaired) electrons. The average Bonchev–Trinajstić information content (AvgIpc) is 3.77. The number of benzene rings is 7. The van der Waals surface area contributed by atoms with Crippen LogP contribution < -0.4 is 4.90 Å². The zero-order valence-corrected chi connectivity index (χ0v) is 24.9. The lowest BCUT2D eigenvalue weighted by Gasteiger charge is -2.26. The van der Waals surface area contributed by atoms with Crippen molar-refractivity contribution in [1.82, 2.24) is 4.98 Å². The van der Waals surface area contributed by atoms with Crippen LogP contribution in [0.25, 0.3) is 75.8 Å². The van der Waals surface area contributed by atoms with Crippen molar-refractivity contribution in [3.63, 3.8) is 0 Å². The van der Waals surface area contributed by atoms with Gasteiger partial charge in [-0.1, -0.05) is 97.1 Å². The maximum Gasteiger partial charge on any atom is 0.135 e. The number of thiazole rings is 1. The Morgan fingerprint density at radius 2 is 1.22 bits per heavy atom. The summed E-state index contributed by atoms with van der Waals surface area (Å²) in [5, 5.41) is 8.26. The molecule has 0 bridgehead atoms. The minimum atomic E-state index is 0.894. The van der Waals surface area contributed by atoms with Gasteiger partial charge in [-0.2, -0.15) is 0 Å². The summed E-state index contributed by atoms with van der Waals surface area (Å²) in [5.41, 5.74) is 9.82. The van der Waals surface area contributed by atoms with Gasteiger partial charge in [-0.3, -0.25) is 0 Å². The molecule has 2 aromatic heterocycles. The third-order valence-electron chi connectivity index (χ3n) is 9.00. The van der Waals surface area contributed by atoms with E-state index in [2.05, 4.69) is 138 Å². The first kappa shape index (κ1) is 24.7. The molecule has 0 spiro atoms. The van der Waals surface area contributed by atoms with Crippen LogP contribution in [0.1, 0.15) is 0 Å². The first-order chi connectivity index (χ1) is 22.3. The van der Waals surface area contributed by atoms with Gasteiger partial charge in [-0.15, -0.1) is 11.3 Å². The van der Waals surface area contributed by atoms with Gasteiger partial charge in [0.1, 0.15) is 16.2 Å². The number of nitrogens with zero attached hydrogens (tertiary/aromatic N) is 2. The Morgan fingerprint density at radius 3 is 2.13 bits per heavy atom. The van der Waals surface area contributed by atoms with Gasteiger partial charge in [-0.05, 0) is 70.1 Å². The van der Waals surface area contributed by atoms with Gasteiger partial charge in [-0.25, -0.2) is 4.98 Å². The van der Waals surface area contributed by atoms with E-state index in [4.69, 9.17) is 9.40 Å². The molecule has 0 amide bonds. The third-order valence-corrected chi connectivity index (χ3v) is 10.1. The molecule has 1 aliphatic rings. The molecule has 1 aliphatic carbocycles. The molecule has 0 atom stereocenters. The molecule has 3 nitrogen and oxygen atoms in total. The second kappa shape index (κ2) is 9.39. The first-order valence-corrected chi connectivity index (χ1v) is 15.9. The van der Waals surface area contributed by atoms with E-state index in [1.54, 1.807) is 11.3 Å². The van der Waals surface area contributed by atoms with Crippen molar-refractivity contribution in [2.45, 2.75) is 0 Å². The summed E-state index contributed by atoms with van der Waals surface area (Å²) in [6.45, 7) is 0. The summed E-state index contributed by atoms with van der Waals surface area (Å²) in [5.74, 6) is 0. The summed E-state index contributed by atoms with van der Waals surface area (Å²) in [4.78, 5) is 8.88. The van der Waals surface area contributed by atoms with Crippen LogP contribution in [0, 0.1) is 0 Å². The standard InChI is InChI=1S/C41H24N2OS/c1-2-13-27(14-3-1)43(28-20-21-37-34(23-28)31-16-6-7-19-36(31)44-37)29-22-26-12-9-18-33-38(26)35(24-29)40-39(33)42-41(45-40)32-17-8-11-25-10-4-5-15-30(25)32/h1-24H. The largest absolute Gasteiger partial charge is 0.456 e. The lowest BCUT2D eigenvalue weighted by molar-refractivity contribution is 0.669. The summed E-state index contributed by atoms with van der Waals surface area (Å²) in [6.07, 6.45) is 0. The van der Waals surface area contributed by atoms with Crippen LogP contribution in [0.5, 0.6) is 0 Å². The molecule has 45 heavy (non-hydrogen) atoms. The fourth-order valence-electron chi connectivity index (χ4n) is 7.01. The van der Waals surface area contributed by atoms with Crippen molar-refractivity contribution >= 4 is 71.9 Å². The number of furan rings is 1. The molecule has 0 saturated carbocycles. The van der Waals surface area contributed by atoms with Crippen LogP contribution in [-0.4, -0.2) is 4.98 Å². The Labute approximate surface area is 263 Å². The molecule has 4 heteroatoms. The fourth-order valence-corrected chi connectivity index (χ4v) is 8.15. The van der Waals surface area contributed by atoms with E-state index in [1.807, 2.05) is 12.1 Å². The maximum absolute atomic E-state index is 6.18. The minimum Gasteiger partial charge on any atom is -0.456 e. The number of aromatic nitrogens is 1. The highest BCUT2D eigenvalue weighted by Crippen LogP contribution is 2.53. The Balaban J connectivity index is 1.19. The summed E-state index contributed by atoms with van der Waals surface area (Å²) in [6, 6.07) is 51.7. The maximum atomic E-state index is 6.18. The molecule has 210 valence electrons. The van der Waals surface area contributed by atoms with Gasteiger partial charge in [0.15, 0.2) is 0 Å². The minimum absolute atomic E-state index is 0.894. The molecule has 0 N–H and O–H groups in total. The predicted octanol–water partition coefficient (Wildman–Crippen LogP) is 12.1. The highest BCUT2D eigenvalue weighted by Gasteiger charge is 2.28. The molecule has 9 aromatic rings. The van der Waals surface area contributed by atoms with Gasteiger partial charge in [0, 0.05) is 44.5 Å². The van der Waals surface area contributed by atoms with Crippen molar-refractivity contribution < 1.29 is 4.42 Å². The Kier molecular flexibility index (Phi) is 5.16. The average molecular weight is 593 g/mol. The van der Waals surface area contributed by atoms with E-state index in [9.17, 15) is 0 Å². The normalized spacial score (nSPS) is 12.0. The molecule has 0 unspecified atom stereocenters. The Hall–Kier alpha value is -5.71. The lowest BCUT2D eigenvalue weighted by atomic mass is 10.0. The number of hydrogen-bond acceptors (Lipinski definition) is 4. The van der Waals surface area contributed by atoms with Gasteiger partial charge < -0.3 is 9.32 Å². The number of rotatable bonds is 4. The molecule has 2 heterocycles. The molecule has 0 aliphatic heterocycles. The smallest absolute Gasteiger partial charge is 0.135 e. The second-order valence-electron chi connectivity index (χ2n) is 11.6. The van der Waals surface area contributed by atoms with E-state index in [0.717, 1.165) is 49.7 Å². The molecular weight excluding hydrogens is 569 g/mol. The number of anilines is 3. The van der Waals surface area contributed by atoms with Gasteiger partial charge >= 0.3 is 0 Å². The van der Waals surface area contributed by atoms with Crippen molar-refractivity contribution in [3.8, 4) is 32.3 Å². The number of para-hydroxylation sites is 2. The topological polar surface area (TPSA) is 29.3 Å². The Morgan fingerprint density at radius 1 is 0.489 bits per heavy atom. The zero-order chi connectivity index (χ0) is 29.5. The van der Waals surface area contributed by atoms with Crippen LogP contribution in [0.4, 0.5) is 17.1 Å². The van der Waals surface area contributed by atoms with Crippen molar-refractivity contribution in [1.29, 1.82) is 0 Å². The first-order valence-electron chi connectivity index (χ1n) is 15.1. The molecule has 10 rings (SSSR count). The van der Waals surface area contributed by atoms with E-state index in [0.29, 0.717) is 0 Å².